The monoisotopic (exact) mass is 296 g/mol. The predicted octanol–water partition coefficient (Wildman–Crippen LogP) is 4.08. The zero-order valence-corrected chi connectivity index (χ0v) is 11.9. The van der Waals surface area contributed by atoms with Crippen molar-refractivity contribution in [1.82, 2.24) is 9.97 Å². The fraction of sp³-hybridized carbons (Fsp3) is 0.0588. The van der Waals surface area contributed by atoms with E-state index in [1.54, 1.807) is 43.8 Å². The number of aromatic nitrogens is 2. The third kappa shape index (κ3) is 3.03. The van der Waals surface area contributed by atoms with Gasteiger partial charge in [0, 0.05) is 24.0 Å². The van der Waals surface area contributed by atoms with Crippen LogP contribution in [-0.2, 0) is 0 Å². The van der Waals surface area contributed by atoms with Crippen LogP contribution in [-0.4, -0.2) is 17.1 Å². The minimum absolute atomic E-state index is 0.303. The number of halogens is 1. The zero-order valence-electron chi connectivity index (χ0n) is 11.9. The van der Waals surface area contributed by atoms with E-state index in [0.717, 1.165) is 5.56 Å². The maximum absolute atomic E-state index is 13.1. The fourth-order valence-corrected chi connectivity index (χ4v) is 1.98. The van der Waals surface area contributed by atoms with Crippen molar-refractivity contribution < 1.29 is 13.9 Å². The first kappa shape index (κ1) is 14.0. The van der Waals surface area contributed by atoms with Crippen LogP contribution in [0.2, 0.25) is 0 Å². The highest BCUT2D eigenvalue weighted by molar-refractivity contribution is 5.64. The Labute approximate surface area is 127 Å². The molecule has 110 valence electrons. The minimum Gasteiger partial charge on any atom is -0.497 e. The fourth-order valence-electron chi connectivity index (χ4n) is 1.98. The molecule has 0 radical (unpaired) electrons. The summed E-state index contributed by atoms with van der Waals surface area (Å²) in [4.78, 5) is 8.49. The lowest BCUT2D eigenvalue weighted by Crippen LogP contribution is -1.94. The molecule has 0 saturated carbocycles. The van der Waals surface area contributed by atoms with Gasteiger partial charge in [0.05, 0.1) is 7.11 Å². The summed E-state index contributed by atoms with van der Waals surface area (Å²) in [6.45, 7) is 0. The second kappa shape index (κ2) is 6.22. The molecule has 4 nitrogen and oxygen atoms in total. The number of hydrogen-bond acceptors (Lipinski definition) is 4. The van der Waals surface area contributed by atoms with Crippen LogP contribution in [0.3, 0.4) is 0 Å². The summed E-state index contributed by atoms with van der Waals surface area (Å²) in [5.74, 6) is 1.32. The number of methoxy groups -OCH3 is 1. The molecule has 0 fully saturated rings. The maximum atomic E-state index is 13.1. The second-order valence-electron chi connectivity index (χ2n) is 4.50. The van der Waals surface area contributed by atoms with Gasteiger partial charge in [-0.1, -0.05) is 6.07 Å². The molecule has 1 aromatic heterocycles. The predicted molar refractivity (Wildman–Crippen MR) is 80.5 cm³/mol. The molecular weight excluding hydrogens is 283 g/mol. The normalized spacial score (nSPS) is 10.3. The molecule has 0 spiro atoms. The van der Waals surface area contributed by atoms with Crippen molar-refractivity contribution in [2.75, 3.05) is 7.11 Å². The third-order valence-electron chi connectivity index (χ3n) is 3.04. The first-order valence-electron chi connectivity index (χ1n) is 6.65. The Hall–Kier alpha value is -2.95. The average molecular weight is 296 g/mol. The van der Waals surface area contributed by atoms with Crippen molar-refractivity contribution >= 4 is 0 Å². The Morgan fingerprint density at radius 3 is 2.41 bits per heavy atom. The van der Waals surface area contributed by atoms with E-state index in [2.05, 4.69) is 9.97 Å². The highest BCUT2D eigenvalue weighted by atomic mass is 19.1. The van der Waals surface area contributed by atoms with E-state index >= 15 is 0 Å². The average Bonchev–Trinajstić information content (AvgIpc) is 2.56. The van der Waals surface area contributed by atoms with Crippen LogP contribution in [0.4, 0.5) is 4.39 Å². The molecule has 5 heteroatoms. The van der Waals surface area contributed by atoms with Gasteiger partial charge >= 0.3 is 0 Å². The lowest BCUT2D eigenvalue weighted by atomic mass is 10.1. The Bertz CT molecular complexity index is 776. The molecule has 0 unspecified atom stereocenters. The SMILES string of the molecule is COc1cccc(Oc2nccnc2-c2ccc(F)cc2)c1. The van der Waals surface area contributed by atoms with E-state index in [1.165, 1.54) is 12.1 Å². The Morgan fingerprint density at radius 1 is 0.909 bits per heavy atom. The Balaban J connectivity index is 1.95. The summed E-state index contributed by atoms with van der Waals surface area (Å²) in [6.07, 6.45) is 3.11. The van der Waals surface area contributed by atoms with Gasteiger partial charge in [0.25, 0.3) is 0 Å². The Kier molecular flexibility index (Phi) is 3.96. The smallest absolute Gasteiger partial charge is 0.246 e. The molecule has 0 bridgehead atoms. The van der Waals surface area contributed by atoms with Gasteiger partial charge < -0.3 is 9.47 Å². The van der Waals surface area contributed by atoms with Crippen LogP contribution in [0.5, 0.6) is 17.4 Å². The third-order valence-corrected chi connectivity index (χ3v) is 3.04. The largest absolute Gasteiger partial charge is 0.497 e. The zero-order chi connectivity index (χ0) is 15.4. The molecule has 0 amide bonds. The molecule has 0 aliphatic rings. The first-order valence-corrected chi connectivity index (χ1v) is 6.65. The maximum Gasteiger partial charge on any atom is 0.246 e. The highest BCUT2D eigenvalue weighted by Crippen LogP contribution is 2.30. The van der Waals surface area contributed by atoms with Crippen molar-refractivity contribution in [2.45, 2.75) is 0 Å². The van der Waals surface area contributed by atoms with Crippen LogP contribution >= 0.6 is 0 Å². The van der Waals surface area contributed by atoms with Gasteiger partial charge in [-0.25, -0.2) is 14.4 Å². The molecule has 0 atom stereocenters. The molecule has 0 aliphatic heterocycles. The quantitative estimate of drug-likeness (QED) is 0.727. The highest BCUT2D eigenvalue weighted by Gasteiger charge is 2.10. The molecule has 0 saturated heterocycles. The molecule has 0 N–H and O–H groups in total. The minimum atomic E-state index is -0.303. The van der Waals surface area contributed by atoms with Crippen LogP contribution in [0.1, 0.15) is 0 Å². The van der Waals surface area contributed by atoms with Gasteiger partial charge in [0.15, 0.2) is 0 Å². The first-order chi connectivity index (χ1) is 10.8. The van der Waals surface area contributed by atoms with Crippen LogP contribution < -0.4 is 9.47 Å². The molecule has 2 aromatic carbocycles. The van der Waals surface area contributed by atoms with Gasteiger partial charge in [-0.2, -0.15) is 0 Å². The van der Waals surface area contributed by atoms with Crippen LogP contribution in [0, 0.1) is 5.82 Å². The van der Waals surface area contributed by atoms with Crippen LogP contribution in [0.15, 0.2) is 60.9 Å². The van der Waals surface area contributed by atoms with E-state index in [-0.39, 0.29) is 5.82 Å². The van der Waals surface area contributed by atoms with E-state index in [0.29, 0.717) is 23.1 Å². The number of ether oxygens (including phenoxy) is 2. The lowest BCUT2D eigenvalue weighted by molar-refractivity contribution is 0.407. The van der Waals surface area contributed by atoms with E-state index in [9.17, 15) is 4.39 Å². The number of nitrogens with zero attached hydrogens (tertiary/aromatic N) is 2. The van der Waals surface area contributed by atoms with E-state index in [1.807, 2.05) is 12.1 Å². The number of benzene rings is 2. The standard InChI is InChI=1S/C17H13FN2O2/c1-21-14-3-2-4-15(11-14)22-17-16(19-9-10-20-17)12-5-7-13(18)8-6-12/h2-11H,1H3. The van der Waals surface area contributed by atoms with Crippen molar-refractivity contribution in [3.63, 3.8) is 0 Å². The van der Waals surface area contributed by atoms with Crippen LogP contribution in [0.25, 0.3) is 11.3 Å². The van der Waals surface area contributed by atoms with Gasteiger partial charge in [-0.3, -0.25) is 0 Å². The molecule has 1 heterocycles. The van der Waals surface area contributed by atoms with Gasteiger partial charge in [0.1, 0.15) is 23.0 Å². The second-order valence-corrected chi connectivity index (χ2v) is 4.50. The summed E-state index contributed by atoms with van der Waals surface area (Å²) in [6, 6.07) is 13.2. The van der Waals surface area contributed by atoms with E-state index < -0.39 is 0 Å². The molecular formula is C17H13FN2O2. The number of rotatable bonds is 4. The molecule has 3 rings (SSSR count). The summed E-state index contributed by atoms with van der Waals surface area (Å²) >= 11 is 0. The lowest BCUT2D eigenvalue weighted by Gasteiger charge is -2.10. The summed E-state index contributed by atoms with van der Waals surface area (Å²) in [5, 5.41) is 0. The van der Waals surface area contributed by atoms with Crippen molar-refractivity contribution in [3.8, 4) is 28.6 Å². The van der Waals surface area contributed by atoms with Crippen molar-refractivity contribution in [1.29, 1.82) is 0 Å². The van der Waals surface area contributed by atoms with E-state index in [4.69, 9.17) is 9.47 Å². The molecule has 3 aromatic rings. The van der Waals surface area contributed by atoms with Crippen molar-refractivity contribution in [3.05, 3.63) is 66.7 Å². The summed E-state index contributed by atoms with van der Waals surface area (Å²) < 4.78 is 24.0. The Morgan fingerprint density at radius 2 is 1.64 bits per heavy atom. The van der Waals surface area contributed by atoms with Gasteiger partial charge in [0.2, 0.25) is 5.88 Å². The van der Waals surface area contributed by atoms with Gasteiger partial charge in [-0.15, -0.1) is 0 Å². The molecule has 0 aliphatic carbocycles. The molecule has 22 heavy (non-hydrogen) atoms. The summed E-state index contributed by atoms with van der Waals surface area (Å²) in [5.41, 5.74) is 1.28. The summed E-state index contributed by atoms with van der Waals surface area (Å²) in [7, 11) is 1.59. The topological polar surface area (TPSA) is 44.2 Å². The van der Waals surface area contributed by atoms with Crippen molar-refractivity contribution in [2.24, 2.45) is 0 Å². The number of hydrogen-bond donors (Lipinski definition) is 0. The van der Waals surface area contributed by atoms with Gasteiger partial charge in [-0.05, 0) is 36.4 Å².